The van der Waals surface area contributed by atoms with Crippen molar-refractivity contribution in [1.29, 1.82) is 0 Å². The van der Waals surface area contributed by atoms with Crippen LogP contribution in [0.4, 0.5) is 0 Å². The van der Waals surface area contributed by atoms with Crippen LogP contribution in [-0.4, -0.2) is 18.7 Å². The molecule has 0 aliphatic rings. The van der Waals surface area contributed by atoms with E-state index in [4.69, 9.17) is 4.74 Å². The summed E-state index contributed by atoms with van der Waals surface area (Å²) in [5, 5.41) is 0. The van der Waals surface area contributed by atoms with Crippen molar-refractivity contribution in [2.75, 3.05) is 13.7 Å². The van der Waals surface area contributed by atoms with Crippen molar-refractivity contribution in [2.24, 2.45) is 0 Å². The average Bonchev–Trinajstić information content (AvgIpc) is 2.37. The fourth-order valence-corrected chi connectivity index (χ4v) is 1.77. The van der Waals surface area contributed by atoms with Crippen molar-refractivity contribution in [3.63, 3.8) is 0 Å². The predicted molar refractivity (Wildman–Crippen MR) is 47.0 cm³/mol. The number of nitrogens with zero attached hydrogens (tertiary/aromatic N) is 1. The van der Waals surface area contributed by atoms with Gasteiger partial charge in [0.05, 0.1) is 11.2 Å². The monoisotopic (exact) mass is 171 g/mol. The first-order valence-electron chi connectivity index (χ1n) is 3.72. The first kappa shape index (κ1) is 8.68. The lowest BCUT2D eigenvalue weighted by Gasteiger charge is -1.96. The van der Waals surface area contributed by atoms with Gasteiger partial charge < -0.3 is 4.74 Å². The molecule has 0 atom stereocenters. The Hall–Kier alpha value is -0.410. The van der Waals surface area contributed by atoms with Gasteiger partial charge in [0.2, 0.25) is 0 Å². The van der Waals surface area contributed by atoms with Gasteiger partial charge >= 0.3 is 0 Å². The highest BCUT2D eigenvalue weighted by Crippen LogP contribution is 2.13. The molecular formula is C8H13NOS. The molecule has 0 radical (unpaired) electrons. The van der Waals surface area contributed by atoms with Gasteiger partial charge in [-0.15, -0.1) is 11.3 Å². The Labute approximate surface area is 71.2 Å². The van der Waals surface area contributed by atoms with E-state index in [2.05, 4.69) is 11.9 Å². The Morgan fingerprint density at radius 3 is 3.00 bits per heavy atom. The summed E-state index contributed by atoms with van der Waals surface area (Å²) in [6, 6.07) is 0. The number of ether oxygens (including phenoxy) is 1. The van der Waals surface area contributed by atoms with Gasteiger partial charge in [0.1, 0.15) is 0 Å². The number of aryl methyl sites for hydroxylation is 2. The second kappa shape index (κ2) is 4.46. The lowest BCUT2D eigenvalue weighted by molar-refractivity contribution is 0.195. The zero-order valence-corrected chi connectivity index (χ0v) is 7.78. The van der Waals surface area contributed by atoms with Crippen molar-refractivity contribution in [1.82, 2.24) is 4.98 Å². The number of hydrogen-bond donors (Lipinski definition) is 0. The molecule has 0 fully saturated rings. The van der Waals surface area contributed by atoms with Crippen molar-refractivity contribution < 1.29 is 4.74 Å². The fraction of sp³-hybridized carbons (Fsp3) is 0.625. The molecule has 1 rings (SSSR count). The maximum atomic E-state index is 4.96. The minimum Gasteiger partial charge on any atom is -0.385 e. The molecule has 0 spiro atoms. The number of methoxy groups -OCH3 is 1. The lowest BCUT2D eigenvalue weighted by Crippen LogP contribution is -1.91. The topological polar surface area (TPSA) is 22.1 Å². The molecule has 1 heterocycles. The average molecular weight is 171 g/mol. The van der Waals surface area contributed by atoms with Crippen LogP contribution >= 0.6 is 11.3 Å². The molecule has 0 unspecified atom stereocenters. The largest absolute Gasteiger partial charge is 0.385 e. The minimum absolute atomic E-state index is 0.845. The van der Waals surface area contributed by atoms with Crippen LogP contribution in [0.3, 0.4) is 0 Å². The third kappa shape index (κ3) is 2.60. The summed E-state index contributed by atoms with van der Waals surface area (Å²) in [6.45, 7) is 2.90. The summed E-state index contributed by atoms with van der Waals surface area (Å²) in [6.07, 6.45) is 2.20. The number of thiazole rings is 1. The standard InChI is InChI=1S/C8H13NOS/c1-7-8(11-6-9-7)4-3-5-10-2/h6H,3-5H2,1-2H3. The van der Waals surface area contributed by atoms with E-state index in [0.29, 0.717) is 0 Å². The van der Waals surface area contributed by atoms with E-state index < -0.39 is 0 Å². The molecule has 11 heavy (non-hydrogen) atoms. The summed E-state index contributed by atoms with van der Waals surface area (Å²) < 4.78 is 4.96. The fourth-order valence-electron chi connectivity index (χ4n) is 0.943. The van der Waals surface area contributed by atoms with E-state index in [9.17, 15) is 0 Å². The van der Waals surface area contributed by atoms with Crippen LogP contribution in [0.5, 0.6) is 0 Å². The smallest absolute Gasteiger partial charge is 0.0797 e. The minimum atomic E-state index is 0.845. The molecule has 0 saturated heterocycles. The van der Waals surface area contributed by atoms with Crippen molar-refractivity contribution in [2.45, 2.75) is 19.8 Å². The van der Waals surface area contributed by atoms with E-state index in [1.54, 1.807) is 18.4 Å². The zero-order chi connectivity index (χ0) is 8.10. The zero-order valence-electron chi connectivity index (χ0n) is 6.96. The predicted octanol–water partition coefficient (Wildman–Crippen LogP) is 2.03. The van der Waals surface area contributed by atoms with Crippen LogP contribution in [0.1, 0.15) is 17.0 Å². The first-order chi connectivity index (χ1) is 5.34. The van der Waals surface area contributed by atoms with E-state index in [1.165, 1.54) is 10.6 Å². The Kier molecular flexibility index (Phi) is 3.52. The van der Waals surface area contributed by atoms with Gasteiger partial charge in [-0.2, -0.15) is 0 Å². The highest BCUT2D eigenvalue weighted by molar-refractivity contribution is 7.09. The van der Waals surface area contributed by atoms with Gasteiger partial charge in [-0.05, 0) is 19.8 Å². The van der Waals surface area contributed by atoms with E-state index in [0.717, 1.165) is 19.4 Å². The van der Waals surface area contributed by atoms with Gasteiger partial charge in [0, 0.05) is 18.6 Å². The second-order valence-corrected chi connectivity index (χ2v) is 3.40. The maximum Gasteiger partial charge on any atom is 0.0797 e. The molecule has 0 aliphatic heterocycles. The Bertz CT molecular complexity index is 210. The van der Waals surface area contributed by atoms with Gasteiger partial charge in [-0.25, -0.2) is 4.98 Å². The number of rotatable bonds is 4. The van der Waals surface area contributed by atoms with Crippen molar-refractivity contribution in [3.8, 4) is 0 Å². The molecule has 0 N–H and O–H groups in total. The Morgan fingerprint density at radius 2 is 2.45 bits per heavy atom. The van der Waals surface area contributed by atoms with Crippen LogP contribution in [0, 0.1) is 6.92 Å². The first-order valence-corrected chi connectivity index (χ1v) is 4.60. The van der Waals surface area contributed by atoms with Gasteiger partial charge in [0.25, 0.3) is 0 Å². The molecule has 1 aromatic rings. The van der Waals surface area contributed by atoms with Crippen LogP contribution < -0.4 is 0 Å². The number of hydrogen-bond acceptors (Lipinski definition) is 3. The van der Waals surface area contributed by atoms with Gasteiger partial charge in [0.15, 0.2) is 0 Å². The van der Waals surface area contributed by atoms with Crippen molar-refractivity contribution in [3.05, 3.63) is 16.1 Å². The molecule has 0 aliphatic carbocycles. The van der Waals surface area contributed by atoms with E-state index in [1.807, 2.05) is 5.51 Å². The summed E-state index contributed by atoms with van der Waals surface area (Å²) in [5.41, 5.74) is 3.07. The molecule has 0 aromatic carbocycles. The molecule has 0 bridgehead atoms. The van der Waals surface area contributed by atoms with Crippen LogP contribution in [0.25, 0.3) is 0 Å². The normalized spacial score (nSPS) is 10.4. The van der Waals surface area contributed by atoms with Gasteiger partial charge in [-0.3, -0.25) is 0 Å². The summed E-state index contributed by atoms with van der Waals surface area (Å²) in [4.78, 5) is 5.56. The molecule has 62 valence electrons. The highest BCUT2D eigenvalue weighted by Gasteiger charge is 1.99. The third-order valence-corrected chi connectivity index (χ3v) is 2.59. The maximum absolute atomic E-state index is 4.96. The Morgan fingerprint density at radius 1 is 1.64 bits per heavy atom. The Balaban J connectivity index is 2.32. The lowest BCUT2D eigenvalue weighted by atomic mass is 10.2. The van der Waals surface area contributed by atoms with E-state index >= 15 is 0 Å². The number of aromatic nitrogens is 1. The third-order valence-electron chi connectivity index (χ3n) is 1.60. The SMILES string of the molecule is COCCCc1scnc1C. The van der Waals surface area contributed by atoms with Crippen LogP contribution in [0.15, 0.2) is 5.51 Å². The summed E-state index contributed by atoms with van der Waals surface area (Å²) in [7, 11) is 1.74. The molecule has 0 saturated carbocycles. The van der Waals surface area contributed by atoms with Crippen LogP contribution in [-0.2, 0) is 11.2 Å². The molecule has 2 nitrogen and oxygen atoms in total. The van der Waals surface area contributed by atoms with Crippen molar-refractivity contribution >= 4 is 11.3 Å². The molecule has 3 heteroatoms. The van der Waals surface area contributed by atoms with Crippen LogP contribution in [0.2, 0.25) is 0 Å². The summed E-state index contributed by atoms with van der Waals surface area (Å²) in [5.74, 6) is 0. The van der Waals surface area contributed by atoms with E-state index in [-0.39, 0.29) is 0 Å². The highest BCUT2D eigenvalue weighted by atomic mass is 32.1. The summed E-state index contributed by atoms with van der Waals surface area (Å²) >= 11 is 1.73. The molecule has 0 amide bonds. The molecular weight excluding hydrogens is 158 g/mol. The second-order valence-electron chi connectivity index (χ2n) is 2.46. The molecule has 1 aromatic heterocycles. The van der Waals surface area contributed by atoms with Gasteiger partial charge in [-0.1, -0.05) is 0 Å². The quantitative estimate of drug-likeness (QED) is 0.647.